The maximum atomic E-state index is 12.7. The molecule has 1 aromatic carbocycles. The highest BCUT2D eigenvalue weighted by Gasteiger charge is 2.31. The molecule has 1 atom stereocenters. The van der Waals surface area contributed by atoms with E-state index >= 15 is 0 Å². The molecule has 1 aliphatic heterocycles. The Morgan fingerprint density at radius 2 is 1.97 bits per heavy atom. The Labute approximate surface area is 176 Å². The summed E-state index contributed by atoms with van der Waals surface area (Å²) in [5.41, 5.74) is 2.06. The van der Waals surface area contributed by atoms with Crippen LogP contribution < -0.4 is 10.2 Å². The monoisotopic (exact) mass is 411 g/mol. The number of benzene rings is 1. The lowest BCUT2D eigenvalue weighted by Crippen LogP contribution is -2.29. The van der Waals surface area contributed by atoms with Crippen molar-refractivity contribution < 1.29 is 4.79 Å². The van der Waals surface area contributed by atoms with Crippen molar-refractivity contribution in [3.63, 3.8) is 0 Å². The van der Waals surface area contributed by atoms with Crippen LogP contribution in [0.2, 0.25) is 0 Å². The number of anilines is 2. The molecule has 1 aromatic heterocycles. The van der Waals surface area contributed by atoms with Gasteiger partial charge in [-0.2, -0.15) is 0 Å². The lowest BCUT2D eigenvalue weighted by Gasteiger charge is -2.28. The molecule has 1 unspecified atom stereocenters. The second kappa shape index (κ2) is 9.03. The maximum Gasteiger partial charge on any atom is 0.237 e. The van der Waals surface area contributed by atoms with E-state index in [9.17, 15) is 4.79 Å². The van der Waals surface area contributed by atoms with E-state index in [0.717, 1.165) is 29.8 Å². The fourth-order valence-corrected chi connectivity index (χ4v) is 4.56. The van der Waals surface area contributed by atoms with E-state index in [4.69, 9.17) is 0 Å². The van der Waals surface area contributed by atoms with Gasteiger partial charge in [-0.3, -0.25) is 4.79 Å². The van der Waals surface area contributed by atoms with Crippen molar-refractivity contribution in [2.75, 3.05) is 23.3 Å². The van der Waals surface area contributed by atoms with Crippen molar-refractivity contribution in [3.05, 3.63) is 42.7 Å². The highest BCUT2D eigenvalue weighted by atomic mass is 32.2. The number of thioether (sulfide) groups is 1. The second-order valence-corrected chi connectivity index (χ2v) is 9.17. The summed E-state index contributed by atoms with van der Waals surface area (Å²) in [4.78, 5) is 15.1. The average molecular weight is 412 g/mol. The Morgan fingerprint density at radius 1 is 1.24 bits per heavy atom. The Balaban J connectivity index is 1.36. The zero-order chi connectivity index (χ0) is 20.2. The van der Waals surface area contributed by atoms with Gasteiger partial charge >= 0.3 is 0 Å². The quantitative estimate of drug-likeness (QED) is 0.514. The molecule has 6 nitrogen and oxygen atoms in total. The summed E-state index contributed by atoms with van der Waals surface area (Å²) >= 11 is 1.45. The average Bonchev–Trinajstić information content (AvgIpc) is 3.52. The fraction of sp³-hybridized carbons (Fsp3) is 0.500. The molecule has 2 aromatic rings. The minimum Gasteiger partial charge on any atom is -0.372 e. The van der Waals surface area contributed by atoms with Crippen LogP contribution in [0.5, 0.6) is 0 Å². The van der Waals surface area contributed by atoms with Crippen LogP contribution in [0.25, 0.3) is 0 Å². The molecule has 4 rings (SSSR count). The van der Waals surface area contributed by atoms with Gasteiger partial charge in [0.2, 0.25) is 5.91 Å². The van der Waals surface area contributed by atoms with Crippen molar-refractivity contribution in [1.29, 1.82) is 0 Å². The van der Waals surface area contributed by atoms with Crippen molar-refractivity contribution in [2.45, 2.75) is 61.9 Å². The normalized spacial score (nSPS) is 17.8. The molecule has 0 radical (unpaired) electrons. The van der Waals surface area contributed by atoms with Gasteiger partial charge in [0.1, 0.15) is 5.82 Å². The minimum atomic E-state index is -0.267. The zero-order valence-corrected chi connectivity index (χ0v) is 17.8. The van der Waals surface area contributed by atoms with Crippen molar-refractivity contribution in [3.8, 4) is 0 Å². The first-order valence-corrected chi connectivity index (χ1v) is 11.4. The van der Waals surface area contributed by atoms with Gasteiger partial charge in [0, 0.05) is 36.9 Å². The number of aromatic nitrogens is 3. The number of nitrogens with one attached hydrogen (secondary N) is 1. The maximum absolute atomic E-state index is 12.7. The molecule has 2 aliphatic rings. The molecule has 0 bridgehead atoms. The number of carbonyl (C=O) groups excluding carboxylic acids is 1. The lowest BCUT2D eigenvalue weighted by atomic mass is 10.1. The van der Waals surface area contributed by atoms with E-state index in [0.29, 0.717) is 12.5 Å². The van der Waals surface area contributed by atoms with Crippen LogP contribution >= 0.6 is 11.8 Å². The summed E-state index contributed by atoms with van der Waals surface area (Å²) in [6, 6.07) is 8.18. The van der Waals surface area contributed by atoms with Crippen LogP contribution in [-0.4, -0.2) is 39.0 Å². The van der Waals surface area contributed by atoms with Gasteiger partial charge in [-0.05, 0) is 63.3 Å². The van der Waals surface area contributed by atoms with Gasteiger partial charge in [0.15, 0.2) is 5.16 Å². The van der Waals surface area contributed by atoms with E-state index in [1.165, 1.54) is 49.6 Å². The van der Waals surface area contributed by atoms with E-state index in [1.54, 1.807) is 0 Å². The fourth-order valence-electron chi connectivity index (χ4n) is 3.69. The molecule has 154 valence electrons. The van der Waals surface area contributed by atoms with E-state index in [2.05, 4.69) is 43.7 Å². The van der Waals surface area contributed by atoms with Gasteiger partial charge in [0.25, 0.3) is 0 Å². The first-order chi connectivity index (χ1) is 14.2. The van der Waals surface area contributed by atoms with Crippen LogP contribution in [0.3, 0.4) is 0 Å². The molecule has 1 amide bonds. The van der Waals surface area contributed by atoms with Crippen molar-refractivity contribution in [2.24, 2.45) is 0 Å². The predicted molar refractivity (Wildman–Crippen MR) is 119 cm³/mol. The molecule has 0 spiro atoms. The zero-order valence-electron chi connectivity index (χ0n) is 17.0. The molecule has 29 heavy (non-hydrogen) atoms. The first-order valence-electron chi connectivity index (χ1n) is 10.5. The number of carbonyl (C=O) groups is 1. The molecule has 2 heterocycles. The molecule has 2 fully saturated rings. The Kier molecular flexibility index (Phi) is 6.23. The third kappa shape index (κ3) is 4.83. The Morgan fingerprint density at radius 3 is 2.62 bits per heavy atom. The Hall–Kier alpha value is -2.28. The second-order valence-electron chi connectivity index (χ2n) is 7.86. The van der Waals surface area contributed by atoms with Crippen molar-refractivity contribution in [1.82, 2.24) is 14.8 Å². The van der Waals surface area contributed by atoms with Crippen LogP contribution in [0.4, 0.5) is 11.4 Å². The standard InChI is InChI=1S/C22H29N5OS/c1-3-13-27-20(17-7-8-17)24-25-22(27)29-16(2)21(28)23-18-9-11-19(12-10-18)26-14-5-4-6-15-26/h3,9-12,16-17H,1,4-8,13-15H2,2H3,(H,23,28). The number of hydrogen-bond donors (Lipinski definition) is 1. The lowest BCUT2D eigenvalue weighted by molar-refractivity contribution is -0.115. The number of rotatable bonds is 8. The van der Waals surface area contributed by atoms with E-state index in [-0.39, 0.29) is 11.2 Å². The van der Waals surface area contributed by atoms with Gasteiger partial charge in [-0.25, -0.2) is 0 Å². The van der Waals surface area contributed by atoms with Crippen molar-refractivity contribution >= 4 is 29.0 Å². The van der Waals surface area contributed by atoms with E-state index in [1.807, 2.05) is 25.1 Å². The number of allylic oxidation sites excluding steroid dienone is 1. The predicted octanol–water partition coefficient (Wildman–Crippen LogP) is 4.45. The molecular weight excluding hydrogens is 382 g/mol. The molecule has 1 saturated carbocycles. The van der Waals surface area contributed by atoms with Gasteiger partial charge < -0.3 is 14.8 Å². The SMILES string of the molecule is C=CCn1c(SC(C)C(=O)Nc2ccc(N3CCCCC3)cc2)nnc1C1CC1. The van der Waals surface area contributed by atoms with Crippen LogP contribution in [0, 0.1) is 0 Å². The summed E-state index contributed by atoms with van der Waals surface area (Å²) in [6.07, 6.45) is 8.03. The summed E-state index contributed by atoms with van der Waals surface area (Å²) in [6.45, 7) is 8.66. The summed E-state index contributed by atoms with van der Waals surface area (Å²) < 4.78 is 2.09. The number of amides is 1. The number of nitrogens with zero attached hydrogens (tertiary/aromatic N) is 4. The van der Waals surface area contributed by atoms with Crippen LogP contribution in [0.1, 0.15) is 50.8 Å². The highest BCUT2D eigenvalue weighted by Crippen LogP contribution is 2.40. The molecule has 7 heteroatoms. The third-order valence-electron chi connectivity index (χ3n) is 5.51. The Bertz CT molecular complexity index is 853. The third-order valence-corrected chi connectivity index (χ3v) is 6.59. The molecule has 1 N–H and O–H groups in total. The van der Waals surface area contributed by atoms with Crippen LogP contribution in [0.15, 0.2) is 42.1 Å². The number of piperidine rings is 1. The van der Waals surface area contributed by atoms with Crippen LogP contribution in [-0.2, 0) is 11.3 Å². The first kappa shape index (κ1) is 20.0. The summed E-state index contributed by atoms with van der Waals surface area (Å²) in [7, 11) is 0. The van der Waals surface area contributed by atoms with Gasteiger partial charge in [0.05, 0.1) is 5.25 Å². The highest BCUT2D eigenvalue weighted by molar-refractivity contribution is 8.00. The minimum absolute atomic E-state index is 0.0261. The van der Waals surface area contributed by atoms with Gasteiger partial charge in [-0.15, -0.1) is 16.8 Å². The number of hydrogen-bond acceptors (Lipinski definition) is 5. The van der Waals surface area contributed by atoms with Gasteiger partial charge in [-0.1, -0.05) is 17.8 Å². The summed E-state index contributed by atoms with van der Waals surface area (Å²) in [5.74, 6) is 1.51. The largest absolute Gasteiger partial charge is 0.372 e. The topological polar surface area (TPSA) is 63.1 Å². The molecular formula is C22H29N5OS. The molecule has 1 aliphatic carbocycles. The smallest absolute Gasteiger partial charge is 0.237 e. The summed E-state index contributed by atoms with van der Waals surface area (Å²) in [5, 5.41) is 12.2. The molecule has 1 saturated heterocycles. The van der Waals surface area contributed by atoms with E-state index < -0.39 is 0 Å².